The van der Waals surface area contributed by atoms with Gasteiger partial charge in [0.15, 0.2) is 4.77 Å². The Morgan fingerprint density at radius 2 is 1.94 bits per heavy atom. The van der Waals surface area contributed by atoms with Crippen molar-refractivity contribution in [2.75, 3.05) is 7.11 Å². The monoisotopic (exact) mass is 262 g/mol. The Labute approximate surface area is 112 Å². The van der Waals surface area contributed by atoms with Crippen molar-refractivity contribution in [2.45, 2.75) is 26.4 Å². The van der Waals surface area contributed by atoms with E-state index >= 15 is 0 Å². The van der Waals surface area contributed by atoms with Gasteiger partial charge in [0.1, 0.15) is 0 Å². The average Bonchev–Trinajstić information content (AvgIpc) is 2.73. The van der Waals surface area contributed by atoms with E-state index in [1.54, 1.807) is 7.11 Å². The topological polar surface area (TPSA) is 29.9 Å². The summed E-state index contributed by atoms with van der Waals surface area (Å²) >= 11 is 5.34. The summed E-state index contributed by atoms with van der Waals surface area (Å²) in [4.78, 5) is 3.11. The van der Waals surface area contributed by atoms with Crippen LogP contribution >= 0.6 is 12.2 Å². The first-order valence-corrected chi connectivity index (χ1v) is 6.43. The molecule has 0 saturated carbocycles. The van der Waals surface area contributed by atoms with Crippen LogP contribution in [0.4, 0.5) is 0 Å². The number of hydrogen-bond acceptors (Lipinski definition) is 2. The zero-order valence-corrected chi connectivity index (χ0v) is 11.8. The number of nitrogens with one attached hydrogen (secondary N) is 1. The molecular formula is C14H18N2OS. The van der Waals surface area contributed by atoms with E-state index in [0.29, 0.717) is 12.5 Å². The van der Waals surface area contributed by atoms with Gasteiger partial charge in [-0.2, -0.15) is 0 Å². The molecule has 0 fully saturated rings. The van der Waals surface area contributed by atoms with E-state index in [-0.39, 0.29) is 0 Å². The molecule has 18 heavy (non-hydrogen) atoms. The fourth-order valence-corrected chi connectivity index (χ4v) is 2.25. The normalized spacial score (nSPS) is 11.1. The van der Waals surface area contributed by atoms with Gasteiger partial charge in [-0.05, 0) is 35.8 Å². The van der Waals surface area contributed by atoms with Crippen LogP contribution in [0.25, 0.3) is 5.69 Å². The molecule has 1 aromatic heterocycles. The zero-order chi connectivity index (χ0) is 13.1. The maximum absolute atomic E-state index is 5.34. The van der Waals surface area contributed by atoms with Crippen LogP contribution in [0, 0.1) is 4.77 Å². The molecule has 1 heterocycles. The molecule has 0 unspecified atom stereocenters. The molecule has 0 bridgehead atoms. The third-order valence-electron chi connectivity index (χ3n) is 2.90. The molecule has 0 aliphatic heterocycles. The number of benzene rings is 1. The van der Waals surface area contributed by atoms with Crippen LogP contribution in [0.5, 0.6) is 0 Å². The van der Waals surface area contributed by atoms with E-state index in [4.69, 9.17) is 17.0 Å². The van der Waals surface area contributed by atoms with Gasteiger partial charge in [-0.15, -0.1) is 0 Å². The van der Waals surface area contributed by atoms with E-state index < -0.39 is 0 Å². The molecular weight excluding hydrogens is 244 g/mol. The molecule has 4 heteroatoms. The lowest BCUT2D eigenvalue weighted by Crippen LogP contribution is -2.02. The van der Waals surface area contributed by atoms with Crippen molar-refractivity contribution in [1.82, 2.24) is 9.55 Å². The smallest absolute Gasteiger partial charge is 0.182 e. The molecule has 0 atom stereocenters. The van der Waals surface area contributed by atoms with Crippen LogP contribution in [-0.2, 0) is 11.3 Å². The summed E-state index contributed by atoms with van der Waals surface area (Å²) in [5.74, 6) is 0.427. The van der Waals surface area contributed by atoms with E-state index in [1.165, 1.54) is 5.69 Å². The van der Waals surface area contributed by atoms with E-state index in [1.807, 2.05) is 6.20 Å². The van der Waals surface area contributed by atoms with E-state index in [9.17, 15) is 0 Å². The third kappa shape index (κ3) is 2.54. The van der Waals surface area contributed by atoms with Gasteiger partial charge in [-0.1, -0.05) is 26.0 Å². The highest BCUT2D eigenvalue weighted by Crippen LogP contribution is 2.20. The molecule has 1 N–H and O–H groups in total. The molecule has 0 spiro atoms. The highest BCUT2D eigenvalue weighted by atomic mass is 32.1. The predicted molar refractivity (Wildman–Crippen MR) is 75.8 cm³/mol. The molecule has 0 saturated heterocycles. The van der Waals surface area contributed by atoms with Gasteiger partial charge in [0, 0.05) is 24.7 Å². The van der Waals surface area contributed by atoms with Crippen molar-refractivity contribution >= 4 is 12.2 Å². The SMILES string of the molecule is COCc1ccc(-n2c(C(C)C)c[nH]c2=S)cc1. The molecule has 2 rings (SSSR count). The highest BCUT2D eigenvalue weighted by Gasteiger charge is 2.09. The number of rotatable bonds is 4. The first kappa shape index (κ1) is 13.1. The number of aromatic amines is 1. The summed E-state index contributed by atoms with van der Waals surface area (Å²) in [5, 5.41) is 0. The summed E-state index contributed by atoms with van der Waals surface area (Å²) in [6.45, 7) is 4.96. The van der Waals surface area contributed by atoms with Crippen molar-refractivity contribution in [2.24, 2.45) is 0 Å². The lowest BCUT2D eigenvalue weighted by atomic mass is 10.1. The highest BCUT2D eigenvalue weighted by molar-refractivity contribution is 7.71. The van der Waals surface area contributed by atoms with E-state index in [2.05, 4.69) is 47.7 Å². The quantitative estimate of drug-likeness (QED) is 0.849. The van der Waals surface area contributed by atoms with Crippen molar-refractivity contribution in [3.63, 3.8) is 0 Å². The standard InChI is InChI=1S/C14H18N2OS/c1-10(2)13-8-15-14(18)16(13)12-6-4-11(5-7-12)9-17-3/h4-8,10H,9H2,1-3H3,(H,15,18). The van der Waals surface area contributed by atoms with E-state index in [0.717, 1.165) is 16.0 Å². The first-order chi connectivity index (χ1) is 8.63. The molecule has 0 radical (unpaired) electrons. The zero-order valence-electron chi connectivity index (χ0n) is 10.9. The molecule has 3 nitrogen and oxygen atoms in total. The van der Waals surface area contributed by atoms with Crippen LogP contribution in [-0.4, -0.2) is 16.7 Å². The van der Waals surface area contributed by atoms with Gasteiger partial charge in [-0.25, -0.2) is 0 Å². The molecule has 96 valence electrons. The summed E-state index contributed by atoms with van der Waals surface area (Å²) in [5.41, 5.74) is 3.44. The summed E-state index contributed by atoms with van der Waals surface area (Å²) in [6, 6.07) is 8.28. The number of methoxy groups -OCH3 is 1. The summed E-state index contributed by atoms with van der Waals surface area (Å²) in [7, 11) is 1.70. The second kappa shape index (κ2) is 5.50. The van der Waals surface area contributed by atoms with Crippen LogP contribution in [0.2, 0.25) is 0 Å². The van der Waals surface area contributed by atoms with Gasteiger partial charge >= 0.3 is 0 Å². The van der Waals surface area contributed by atoms with Gasteiger partial charge < -0.3 is 9.72 Å². The fraction of sp³-hybridized carbons (Fsp3) is 0.357. The second-order valence-corrected chi connectivity index (χ2v) is 4.99. The minimum absolute atomic E-state index is 0.427. The predicted octanol–water partition coefficient (Wildman–Crippen LogP) is 3.80. The third-order valence-corrected chi connectivity index (χ3v) is 3.20. The van der Waals surface area contributed by atoms with Gasteiger partial charge in [0.25, 0.3) is 0 Å². The number of nitrogens with zero attached hydrogens (tertiary/aromatic N) is 1. The largest absolute Gasteiger partial charge is 0.380 e. The van der Waals surface area contributed by atoms with Crippen LogP contribution in [0.1, 0.15) is 31.0 Å². The van der Waals surface area contributed by atoms with Gasteiger partial charge in [-0.3, -0.25) is 4.57 Å². The maximum atomic E-state index is 5.34. The lowest BCUT2D eigenvalue weighted by Gasteiger charge is -2.11. The summed E-state index contributed by atoms with van der Waals surface area (Å²) < 4.78 is 7.92. The van der Waals surface area contributed by atoms with Gasteiger partial charge in [0.2, 0.25) is 0 Å². The number of H-pyrrole nitrogens is 1. The molecule has 0 amide bonds. The van der Waals surface area contributed by atoms with Crippen LogP contribution in [0.15, 0.2) is 30.5 Å². The van der Waals surface area contributed by atoms with Gasteiger partial charge in [0.05, 0.1) is 6.61 Å². The van der Waals surface area contributed by atoms with Crippen molar-refractivity contribution in [3.8, 4) is 5.69 Å². The number of imidazole rings is 1. The Balaban J connectivity index is 2.42. The Morgan fingerprint density at radius 1 is 1.28 bits per heavy atom. The fourth-order valence-electron chi connectivity index (χ4n) is 1.98. The Kier molecular flexibility index (Phi) is 3.99. The summed E-state index contributed by atoms with van der Waals surface area (Å²) in [6.07, 6.45) is 1.98. The van der Waals surface area contributed by atoms with Crippen molar-refractivity contribution < 1.29 is 4.74 Å². The minimum Gasteiger partial charge on any atom is -0.380 e. The molecule has 0 aliphatic carbocycles. The van der Waals surface area contributed by atoms with Crippen molar-refractivity contribution in [1.29, 1.82) is 0 Å². The maximum Gasteiger partial charge on any atom is 0.182 e. The number of hydrogen-bond donors (Lipinski definition) is 1. The number of aromatic nitrogens is 2. The molecule has 1 aromatic carbocycles. The Morgan fingerprint density at radius 3 is 2.50 bits per heavy atom. The minimum atomic E-state index is 0.427. The first-order valence-electron chi connectivity index (χ1n) is 6.02. The van der Waals surface area contributed by atoms with Crippen LogP contribution in [0.3, 0.4) is 0 Å². The Hall–Kier alpha value is -1.39. The Bertz CT molecular complexity index is 566. The van der Waals surface area contributed by atoms with Crippen LogP contribution < -0.4 is 0 Å². The molecule has 2 aromatic rings. The molecule has 0 aliphatic rings. The average molecular weight is 262 g/mol. The lowest BCUT2D eigenvalue weighted by molar-refractivity contribution is 0.185. The second-order valence-electron chi connectivity index (χ2n) is 4.61. The van der Waals surface area contributed by atoms with Crippen molar-refractivity contribution in [3.05, 3.63) is 46.5 Å². The number of ether oxygens (including phenoxy) is 1.